The number of methoxy groups -OCH3 is 1. The molecule has 0 saturated carbocycles. The zero-order chi connectivity index (χ0) is 11.5. The van der Waals surface area contributed by atoms with Crippen molar-refractivity contribution in [3.8, 4) is 17.2 Å². The zero-order valence-electron chi connectivity index (χ0n) is 8.86. The third-order valence-electron chi connectivity index (χ3n) is 2.37. The summed E-state index contributed by atoms with van der Waals surface area (Å²) < 4.78 is 15.6. The Morgan fingerprint density at radius 2 is 2.31 bits per heavy atom. The number of fused-ring (bicyclic) bond motifs is 1. The highest BCUT2D eigenvalue weighted by atomic mass is 16.7. The Kier molecular flexibility index (Phi) is 2.85. The van der Waals surface area contributed by atoms with Crippen molar-refractivity contribution in [1.29, 1.82) is 0 Å². The van der Waals surface area contributed by atoms with E-state index in [4.69, 9.17) is 19.3 Å². The highest BCUT2D eigenvalue weighted by molar-refractivity contribution is 5.67. The van der Waals surface area contributed by atoms with Gasteiger partial charge in [-0.2, -0.15) is 0 Å². The van der Waals surface area contributed by atoms with Crippen LogP contribution in [0, 0.1) is 0 Å². The molecule has 1 aromatic carbocycles. The summed E-state index contributed by atoms with van der Waals surface area (Å²) in [4.78, 5) is 10.5. The van der Waals surface area contributed by atoms with Gasteiger partial charge in [0.2, 0.25) is 6.79 Å². The molecule has 0 fully saturated rings. The summed E-state index contributed by atoms with van der Waals surface area (Å²) in [6.07, 6.45) is 0.460. The number of ether oxygens (including phenoxy) is 3. The molecule has 0 saturated heterocycles. The minimum atomic E-state index is -0.838. The van der Waals surface area contributed by atoms with Crippen LogP contribution in [0.1, 0.15) is 12.0 Å². The lowest BCUT2D eigenvalue weighted by atomic mass is 10.1. The minimum absolute atomic E-state index is 0.0585. The molecule has 86 valence electrons. The van der Waals surface area contributed by atoms with E-state index in [1.54, 1.807) is 19.2 Å². The van der Waals surface area contributed by atoms with Crippen LogP contribution in [0.2, 0.25) is 0 Å². The number of hydrogen-bond acceptors (Lipinski definition) is 4. The van der Waals surface area contributed by atoms with Crippen molar-refractivity contribution in [3.05, 3.63) is 17.7 Å². The van der Waals surface area contributed by atoms with Gasteiger partial charge in [-0.05, 0) is 12.5 Å². The van der Waals surface area contributed by atoms with Gasteiger partial charge in [-0.25, -0.2) is 0 Å². The molecule has 1 aliphatic rings. The fraction of sp³-hybridized carbons (Fsp3) is 0.364. The van der Waals surface area contributed by atoms with Gasteiger partial charge in [0.1, 0.15) is 5.75 Å². The number of rotatable bonds is 4. The molecule has 5 heteroatoms. The van der Waals surface area contributed by atoms with Gasteiger partial charge in [0, 0.05) is 18.1 Å². The molecule has 0 atom stereocenters. The molecule has 0 spiro atoms. The van der Waals surface area contributed by atoms with Crippen molar-refractivity contribution in [2.75, 3.05) is 13.9 Å². The van der Waals surface area contributed by atoms with E-state index in [1.165, 1.54) is 0 Å². The number of carboxylic acids is 1. The van der Waals surface area contributed by atoms with Gasteiger partial charge in [0.05, 0.1) is 7.11 Å². The Hall–Kier alpha value is -1.91. The van der Waals surface area contributed by atoms with Gasteiger partial charge >= 0.3 is 5.97 Å². The van der Waals surface area contributed by atoms with E-state index < -0.39 is 5.97 Å². The molecule has 2 rings (SSSR count). The van der Waals surface area contributed by atoms with E-state index in [9.17, 15) is 4.79 Å². The first-order valence-electron chi connectivity index (χ1n) is 4.89. The van der Waals surface area contributed by atoms with Gasteiger partial charge < -0.3 is 19.3 Å². The van der Waals surface area contributed by atoms with E-state index in [2.05, 4.69) is 0 Å². The molecule has 1 aromatic rings. The first-order valence-corrected chi connectivity index (χ1v) is 4.89. The van der Waals surface area contributed by atoms with Gasteiger partial charge in [0.15, 0.2) is 11.5 Å². The Morgan fingerprint density at radius 1 is 1.50 bits per heavy atom. The summed E-state index contributed by atoms with van der Waals surface area (Å²) in [6.45, 7) is 0.169. The van der Waals surface area contributed by atoms with Crippen LogP contribution in [0.15, 0.2) is 12.1 Å². The second-order valence-electron chi connectivity index (χ2n) is 3.41. The maximum Gasteiger partial charge on any atom is 0.303 e. The van der Waals surface area contributed by atoms with E-state index in [-0.39, 0.29) is 13.2 Å². The van der Waals surface area contributed by atoms with Crippen LogP contribution in [0.4, 0.5) is 0 Å². The van der Waals surface area contributed by atoms with Crippen molar-refractivity contribution < 1.29 is 24.1 Å². The van der Waals surface area contributed by atoms with Gasteiger partial charge in [-0.1, -0.05) is 0 Å². The Labute approximate surface area is 92.5 Å². The van der Waals surface area contributed by atoms with Crippen LogP contribution in [-0.4, -0.2) is 25.0 Å². The third-order valence-corrected chi connectivity index (χ3v) is 2.37. The monoisotopic (exact) mass is 224 g/mol. The Bertz CT molecular complexity index is 413. The molecule has 0 aromatic heterocycles. The topological polar surface area (TPSA) is 65.0 Å². The molecule has 0 aliphatic carbocycles. The molecule has 16 heavy (non-hydrogen) atoms. The van der Waals surface area contributed by atoms with Crippen LogP contribution in [-0.2, 0) is 11.2 Å². The maximum absolute atomic E-state index is 10.5. The number of aliphatic carboxylic acids is 1. The summed E-state index contributed by atoms with van der Waals surface area (Å²) in [5.41, 5.74) is 0.800. The molecule has 5 nitrogen and oxygen atoms in total. The number of hydrogen-bond donors (Lipinski definition) is 1. The second-order valence-corrected chi connectivity index (χ2v) is 3.41. The lowest BCUT2D eigenvalue weighted by molar-refractivity contribution is -0.136. The van der Waals surface area contributed by atoms with E-state index in [1.807, 2.05) is 0 Å². The second kappa shape index (κ2) is 4.30. The van der Waals surface area contributed by atoms with Crippen molar-refractivity contribution in [2.45, 2.75) is 12.8 Å². The van der Waals surface area contributed by atoms with E-state index in [0.29, 0.717) is 23.7 Å². The van der Waals surface area contributed by atoms with Crippen molar-refractivity contribution in [2.24, 2.45) is 0 Å². The smallest absolute Gasteiger partial charge is 0.303 e. The van der Waals surface area contributed by atoms with E-state index in [0.717, 1.165) is 5.56 Å². The number of benzene rings is 1. The highest BCUT2D eigenvalue weighted by Gasteiger charge is 2.19. The molecule has 0 unspecified atom stereocenters. The maximum atomic E-state index is 10.5. The normalized spacial score (nSPS) is 12.6. The van der Waals surface area contributed by atoms with Crippen LogP contribution in [0.25, 0.3) is 0 Å². The molecule has 0 amide bonds. The molecule has 1 aliphatic heterocycles. The fourth-order valence-electron chi connectivity index (χ4n) is 1.60. The highest BCUT2D eigenvalue weighted by Crippen LogP contribution is 2.39. The molecule has 0 bridgehead atoms. The standard InChI is InChI=1S/C11H12O5/c1-14-8-4-7(2-3-10(12)13)11-9(5-8)15-6-16-11/h4-5H,2-3,6H2,1H3,(H,12,13). The summed E-state index contributed by atoms with van der Waals surface area (Å²) in [7, 11) is 1.55. The van der Waals surface area contributed by atoms with Gasteiger partial charge in [-0.15, -0.1) is 0 Å². The summed E-state index contributed by atoms with van der Waals surface area (Å²) in [5.74, 6) is 1.04. The minimum Gasteiger partial charge on any atom is -0.497 e. The van der Waals surface area contributed by atoms with Crippen molar-refractivity contribution in [1.82, 2.24) is 0 Å². The Morgan fingerprint density at radius 3 is 3.00 bits per heavy atom. The summed E-state index contributed by atoms with van der Waals surface area (Å²) >= 11 is 0. The first-order chi connectivity index (χ1) is 7.70. The van der Waals surface area contributed by atoms with Crippen molar-refractivity contribution in [3.63, 3.8) is 0 Å². The summed E-state index contributed by atoms with van der Waals surface area (Å²) in [6, 6.07) is 3.50. The predicted octanol–water partition coefficient (Wildman–Crippen LogP) is 1.44. The fourth-order valence-corrected chi connectivity index (χ4v) is 1.60. The lowest BCUT2D eigenvalue weighted by Gasteiger charge is -2.07. The first kappa shape index (κ1) is 10.6. The SMILES string of the molecule is COc1cc(CCC(=O)O)c2c(c1)OCO2. The zero-order valence-corrected chi connectivity index (χ0v) is 8.86. The molecule has 0 radical (unpaired) electrons. The number of carbonyl (C=O) groups is 1. The van der Waals surface area contributed by atoms with Crippen LogP contribution < -0.4 is 14.2 Å². The van der Waals surface area contributed by atoms with Crippen LogP contribution in [0.3, 0.4) is 0 Å². The van der Waals surface area contributed by atoms with Crippen molar-refractivity contribution >= 4 is 5.97 Å². The largest absolute Gasteiger partial charge is 0.497 e. The molecule has 1 N–H and O–H groups in total. The predicted molar refractivity (Wildman–Crippen MR) is 55.1 cm³/mol. The summed E-state index contributed by atoms with van der Waals surface area (Å²) in [5, 5.41) is 8.65. The average molecular weight is 224 g/mol. The van der Waals surface area contributed by atoms with Crippen LogP contribution in [0.5, 0.6) is 17.2 Å². The van der Waals surface area contributed by atoms with Gasteiger partial charge in [-0.3, -0.25) is 4.79 Å². The molecule has 1 heterocycles. The van der Waals surface area contributed by atoms with Crippen LogP contribution >= 0.6 is 0 Å². The lowest BCUT2D eigenvalue weighted by Crippen LogP contribution is -1.99. The van der Waals surface area contributed by atoms with Gasteiger partial charge in [0.25, 0.3) is 0 Å². The molecular formula is C11H12O5. The van der Waals surface area contributed by atoms with E-state index >= 15 is 0 Å². The number of carboxylic acid groups (broad SMARTS) is 1. The number of aryl methyl sites for hydroxylation is 1. The quantitative estimate of drug-likeness (QED) is 0.838. The molecular weight excluding hydrogens is 212 g/mol. The average Bonchev–Trinajstić information content (AvgIpc) is 2.73. The third kappa shape index (κ3) is 2.03. The Balaban J connectivity index is 2.28.